The van der Waals surface area contributed by atoms with E-state index in [1.165, 1.54) is 12.1 Å². The van der Waals surface area contributed by atoms with E-state index in [4.69, 9.17) is 9.47 Å². The van der Waals surface area contributed by atoms with Crippen LogP contribution >= 0.6 is 0 Å². The number of carbonyl (C=O) groups excluding carboxylic acids is 2. The summed E-state index contributed by atoms with van der Waals surface area (Å²) in [5.74, 6) is -0.182. The predicted molar refractivity (Wildman–Crippen MR) is 132 cm³/mol. The molecule has 36 heavy (non-hydrogen) atoms. The highest BCUT2D eigenvalue weighted by Gasteiger charge is 2.57. The van der Waals surface area contributed by atoms with Crippen LogP contribution in [0.1, 0.15) is 30.5 Å². The number of hydrogen-bond donors (Lipinski definition) is 1. The summed E-state index contributed by atoms with van der Waals surface area (Å²) in [5.41, 5.74) is 1.60. The number of nitrogens with one attached hydrogen (secondary N) is 1. The number of fused-ring (bicyclic) bond motifs is 1. The number of carbonyl (C=O) groups is 2. The lowest BCUT2D eigenvalue weighted by Gasteiger charge is -2.45. The lowest BCUT2D eigenvalue weighted by atomic mass is 9.91. The van der Waals surface area contributed by atoms with Crippen LogP contribution in [0.5, 0.6) is 11.5 Å². The largest absolute Gasteiger partial charge is 0.454 e. The van der Waals surface area contributed by atoms with Crippen molar-refractivity contribution in [1.29, 1.82) is 0 Å². The Hall–Kier alpha value is -3.85. The number of sulfone groups is 1. The molecule has 1 fully saturated rings. The Morgan fingerprint density at radius 1 is 1.00 bits per heavy atom. The number of amides is 3. The minimum atomic E-state index is -4.01. The van der Waals surface area contributed by atoms with Crippen molar-refractivity contribution in [2.45, 2.75) is 36.1 Å². The summed E-state index contributed by atoms with van der Waals surface area (Å²) in [7, 11) is -4.01. The number of nitrogens with zero attached hydrogens (tertiary/aromatic N) is 1. The molecule has 1 saturated heterocycles. The summed E-state index contributed by atoms with van der Waals surface area (Å²) in [5, 5.41) is 1.55. The normalized spacial score (nSPS) is 19.5. The highest BCUT2D eigenvalue weighted by molar-refractivity contribution is 7.92. The zero-order valence-corrected chi connectivity index (χ0v) is 20.5. The molecule has 2 heterocycles. The van der Waals surface area contributed by atoms with Gasteiger partial charge in [-0.25, -0.2) is 18.1 Å². The van der Waals surface area contributed by atoms with Gasteiger partial charge in [0.15, 0.2) is 16.9 Å². The minimum Gasteiger partial charge on any atom is -0.454 e. The van der Waals surface area contributed by atoms with Gasteiger partial charge in [-0.2, -0.15) is 0 Å². The van der Waals surface area contributed by atoms with Crippen LogP contribution < -0.4 is 14.8 Å². The van der Waals surface area contributed by atoms with E-state index in [2.05, 4.69) is 5.32 Å². The number of imide groups is 1. The third-order valence-corrected chi connectivity index (χ3v) is 8.67. The summed E-state index contributed by atoms with van der Waals surface area (Å²) in [6, 6.07) is 21.3. The molecule has 1 N–H and O–H groups in total. The molecule has 0 radical (unpaired) electrons. The molecule has 0 spiro atoms. The van der Waals surface area contributed by atoms with Gasteiger partial charge in [0.05, 0.1) is 16.9 Å². The Morgan fingerprint density at radius 3 is 2.36 bits per heavy atom. The molecule has 9 heteroatoms. The number of likely N-dealkylation sites (tertiary alicyclic amines) is 1. The van der Waals surface area contributed by atoms with Crippen molar-refractivity contribution >= 4 is 21.8 Å². The first kappa shape index (κ1) is 23.9. The summed E-state index contributed by atoms with van der Waals surface area (Å²) >= 11 is 0. The Labute approximate surface area is 209 Å². The van der Waals surface area contributed by atoms with Gasteiger partial charge in [-0.1, -0.05) is 61.5 Å². The van der Waals surface area contributed by atoms with Gasteiger partial charge >= 0.3 is 6.03 Å². The molecule has 0 saturated carbocycles. The minimum absolute atomic E-state index is 0.0705. The Kier molecular flexibility index (Phi) is 6.40. The Morgan fingerprint density at radius 2 is 1.67 bits per heavy atom. The fourth-order valence-corrected chi connectivity index (χ4v) is 6.61. The first-order valence-electron chi connectivity index (χ1n) is 11.8. The summed E-state index contributed by atoms with van der Waals surface area (Å²) < 4.78 is 38.0. The van der Waals surface area contributed by atoms with Crippen LogP contribution in [0.25, 0.3) is 0 Å². The molecule has 3 atom stereocenters. The number of rotatable bonds is 7. The van der Waals surface area contributed by atoms with Crippen LogP contribution in [0, 0.1) is 5.92 Å². The molecule has 2 aliphatic heterocycles. The van der Waals surface area contributed by atoms with Crippen molar-refractivity contribution in [2.24, 2.45) is 5.92 Å². The molecule has 3 aromatic carbocycles. The van der Waals surface area contributed by atoms with E-state index in [-0.39, 0.29) is 18.1 Å². The zero-order chi connectivity index (χ0) is 25.3. The molecule has 0 aromatic heterocycles. The number of β-lactam (4-membered cyclic amide) rings is 1. The lowest BCUT2D eigenvalue weighted by molar-refractivity contribution is -0.145. The van der Waals surface area contributed by atoms with Crippen molar-refractivity contribution in [3.63, 3.8) is 0 Å². The van der Waals surface area contributed by atoms with E-state index in [1.54, 1.807) is 30.3 Å². The third kappa shape index (κ3) is 4.30. The highest BCUT2D eigenvalue weighted by Crippen LogP contribution is 2.38. The molecular formula is C27H26N2O6S. The average molecular weight is 507 g/mol. The Bertz CT molecular complexity index is 1380. The first-order chi connectivity index (χ1) is 17.4. The van der Waals surface area contributed by atoms with E-state index < -0.39 is 39.1 Å². The van der Waals surface area contributed by atoms with Gasteiger partial charge < -0.3 is 14.8 Å². The second-order valence-electron chi connectivity index (χ2n) is 8.78. The van der Waals surface area contributed by atoms with Gasteiger partial charge in [0, 0.05) is 0 Å². The van der Waals surface area contributed by atoms with E-state index in [9.17, 15) is 18.0 Å². The molecule has 2 aliphatic rings. The predicted octanol–water partition coefficient (Wildman–Crippen LogP) is 4.08. The third-order valence-electron chi connectivity index (χ3n) is 6.57. The van der Waals surface area contributed by atoms with Crippen LogP contribution in [0.15, 0.2) is 83.8 Å². The van der Waals surface area contributed by atoms with Crippen LogP contribution in [0.3, 0.4) is 0 Å². The standard InChI is InChI=1S/C27H26N2O6S/c1-2-22(19-13-14-23-24(16-19)35-17-34-23)28-27(31)29-25(30)21(15-18-9-5-3-6-10-18)26(29)36(32,33)20-11-7-4-8-12-20/h3-14,16,21-22,26H,2,15,17H2,1H3,(H,28,31). The van der Waals surface area contributed by atoms with Gasteiger partial charge in [0.1, 0.15) is 0 Å². The SMILES string of the molecule is CCC(NC(=O)N1C(=O)C(Cc2ccccc2)C1S(=O)(=O)c1ccccc1)c1ccc2c(c1)OCO2. The fraction of sp³-hybridized carbons (Fsp3) is 0.259. The summed E-state index contributed by atoms with van der Waals surface area (Å²) in [6.07, 6.45) is 0.747. The van der Waals surface area contributed by atoms with Gasteiger partial charge in [-0.15, -0.1) is 0 Å². The molecule has 3 aromatic rings. The molecule has 0 bridgehead atoms. The number of benzene rings is 3. The van der Waals surface area contributed by atoms with Crippen molar-refractivity contribution < 1.29 is 27.5 Å². The van der Waals surface area contributed by atoms with Crippen molar-refractivity contribution in [2.75, 3.05) is 6.79 Å². The number of ether oxygens (including phenoxy) is 2. The van der Waals surface area contributed by atoms with Gasteiger partial charge in [-0.3, -0.25) is 4.79 Å². The smallest absolute Gasteiger partial charge is 0.325 e. The highest BCUT2D eigenvalue weighted by atomic mass is 32.2. The molecular weight excluding hydrogens is 480 g/mol. The average Bonchev–Trinajstić information content (AvgIpc) is 3.37. The lowest BCUT2D eigenvalue weighted by Crippen LogP contribution is -2.68. The molecule has 8 nitrogen and oxygen atoms in total. The monoisotopic (exact) mass is 506 g/mol. The molecule has 3 amide bonds. The first-order valence-corrected chi connectivity index (χ1v) is 13.3. The summed E-state index contributed by atoms with van der Waals surface area (Å²) in [6.45, 7) is 2.02. The topological polar surface area (TPSA) is 102 Å². The summed E-state index contributed by atoms with van der Waals surface area (Å²) in [4.78, 5) is 27.5. The molecule has 186 valence electrons. The Balaban J connectivity index is 1.43. The maximum absolute atomic E-state index is 13.6. The second kappa shape index (κ2) is 9.66. The van der Waals surface area contributed by atoms with Gasteiger partial charge in [0.25, 0.3) is 0 Å². The quantitative estimate of drug-likeness (QED) is 0.485. The zero-order valence-electron chi connectivity index (χ0n) is 19.7. The van der Waals surface area contributed by atoms with Crippen LogP contribution in [0.4, 0.5) is 4.79 Å². The van der Waals surface area contributed by atoms with Gasteiger partial charge in [-0.05, 0) is 48.2 Å². The maximum atomic E-state index is 13.6. The second-order valence-corrected chi connectivity index (χ2v) is 10.8. The van der Waals surface area contributed by atoms with E-state index in [0.29, 0.717) is 17.9 Å². The molecule has 3 unspecified atom stereocenters. The van der Waals surface area contributed by atoms with Crippen molar-refractivity contribution in [3.8, 4) is 11.5 Å². The van der Waals surface area contributed by atoms with Crippen molar-refractivity contribution in [3.05, 3.63) is 90.0 Å². The van der Waals surface area contributed by atoms with E-state index in [1.807, 2.05) is 43.3 Å². The number of hydrogen-bond acceptors (Lipinski definition) is 6. The van der Waals surface area contributed by atoms with Gasteiger partial charge in [0.2, 0.25) is 22.5 Å². The van der Waals surface area contributed by atoms with E-state index >= 15 is 0 Å². The van der Waals surface area contributed by atoms with Crippen LogP contribution in [0.2, 0.25) is 0 Å². The number of urea groups is 1. The van der Waals surface area contributed by atoms with Crippen LogP contribution in [-0.4, -0.2) is 37.4 Å². The van der Waals surface area contributed by atoms with E-state index in [0.717, 1.165) is 16.0 Å². The molecule has 0 aliphatic carbocycles. The molecule has 5 rings (SSSR count). The van der Waals surface area contributed by atoms with Crippen LogP contribution in [-0.2, 0) is 21.1 Å². The fourth-order valence-electron chi connectivity index (χ4n) is 4.67. The maximum Gasteiger partial charge on any atom is 0.325 e. The van der Waals surface area contributed by atoms with Crippen molar-refractivity contribution in [1.82, 2.24) is 10.2 Å².